The number of anilines is 1. The Morgan fingerprint density at radius 3 is 2.70 bits per heavy atom. The molecule has 2 N–H and O–H groups in total. The molecule has 1 aromatic carbocycles. The highest BCUT2D eigenvalue weighted by Crippen LogP contribution is 2.64. The van der Waals surface area contributed by atoms with E-state index in [9.17, 15) is 14.7 Å². The molecule has 8 heteroatoms. The van der Waals surface area contributed by atoms with Crippen molar-refractivity contribution in [3.63, 3.8) is 0 Å². The van der Waals surface area contributed by atoms with Gasteiger partial charge in [0.2, 0.25) is 5.60 Å². The quantitative estimate of drug-likeness (QED) is 0.494. The zero-order valence-corrected chi connectivity index (χ0v) is 19.9. The van der Waals surface area contributed by atoms with Gasteiger partial charge in [-0.2, -0.15) is 0 Å². The van der Waals surface area contributed by atoms with Crippen molar-refractivity contribution in [3.8, 4) is 5.75 Å². The number of nitrogens with zero attached hydrogens (tertiary/aromatic N) is 1. The molecule has 4 aliphatic rings. The zero-order valence-electron chi connectivity index (χ0n) is 19.9. The molecule has 0 aromatic heterocycles. The van der Waals surface area contributed by atoms with Gasteiger partial charge in [0.1, 0.15) is 11.8 Å². The van der Waals surface area contributed by atoms with E-state index in [1.165, 1.54) is 18.9 Å². The summed E-state index contributed by atoms with van der Waals surface area (Å²) in [5, 5.41) is 12.5. The van der Waals surface area contributed by atoms with Gasteiger partial charge in [-0.05, 0) is 24.1 Å². The topological polar surface area (TPSA) is 89.7 Å². The van der Waals surface area contributed by atoms with Crippen molar-refractivity contribution in [1.82, 2.24) is 0 Å². The summed E-state index contributed by atoms with van der Waals surface area (Å²) in [7, 11) is 4.79. The van der Waals surface area contributed by atoms with E-state index in [4.69, 9.17) is 14.2 Å². The third-order valence-electron chi connectivity index (χ3n) is 8.80. The molecule has 7 atom stereocenters. The first kappa shape index (κ1) is 22.2. The van der Waals surface area contributed by atoms with Crippen molar-refractivity contribution in [2.24, 2.45) is 5.41 Å². The van der Waals surface area contributed by atoms with Crippen molar-refractivity contribution < 1.29 is 33.8 Å². The average Bonchev–Trinajstić information content (AvgIpc) is 3.32. The Bertz CT molecular complexity index is 1040. The molecule has 33 heavy (non-hydrogen) atoms. The number of fused-ring (bicyclic) bond motifs is 1. The van der Waals surface area contributed by atoms with Crippen LogP contribution >= 0.6 is 0 Å². The zero-order chi connectivity index (χ0) is 23.8. The normalized spacial score (nSPS) is 40.0. The minimum atomic E-state index is -2.06. The summed E-state index contributed by atoms with van der Waals surface area (Å²) in [4.78, 5) is 29.2. The Morgan fingerprint density at radius 2 is 2.06 bits per heavy atom. The lowest BCUT2D eigenvalue weighted by atomic mass is 9.47. The van der Waals surface area contributed by atoms with Gasteiger partial charge in [0, 0.05) is 32.1 Å². The predicted molar refractivity (Wildman–Crippen MR) is 120 cm³/mol. The lowest BCUT2D eigenvalue weighted by Crippen LogP contribution is -3.18. The second-order valence-electron chi connectivity index (χ2n) is 9.91. The number of ether oxygens (including phenoxy) is 3. The smallest absolute Gasteiger partial charge is 0.344 e. The van der Waals surface area contributed by atoms with Gasteiger partial charge in [-0.15, -0.1) is 0 Å². The fraction of sp³-hybridized carbons (Fsp3) is 0.600. The summed E-state index contributed by atoms with van der Waals surface area (Å²) in [6.45, 7) is 5.13. The maximum Gasteiger partial charge on any atom is 0.344 e. The third-order valence-corrected chi connectivity index (χ3v) is 8.80. The van der Waals surface area contributed by atoms with Crippen LogP contribution in [0, 0.1) is 5.41 Å². The molecule has 1 aliphatic carbocycles. The molecule has 2 fully saturated rings. The minimum absolute atomic E-state index is 0.0244. The Hall–Kier alpha value is -2.58. The van der Waals surface area contributed by atoms with Gasteiger partial charge < -0.3 is 29.1 Å². The van der Waals surface area contributed by atoms with E-state index in [1.54, 1.807) is 7.11 Å². The molecule has 5 rings (SSSR count). The number of hydrogen-bond donors (Lipinski definition) is 2. The van der Waals surface area contributed by atoms with Crippen LogP contribution in [0.2, 0.25) is 0 Å². The average molecular weight is 458 g/mol. The second kappa shape index (κ2) is 7.21. The largest absolute Gasteiger partial charge is 0.497 e. The standard InChI is InChI=1S/C25H32N2O6/c1-6-23-10-7-12-27-13-11-24(19(23)27)17-9-8-16(31-4)14-18(17)26(3)20(24)25(30,22(29)32-5)21(23)33-15(2)28/h7-10,14,19-21,30H,6,11-13H2,1-5H3/p+1. The SMILES string of the molecule is CCC12C=CC[NH+]3CCC4(c5ccc(OC)cc5N(C)C4C(O)(C(=O)OC)C1OC(C)=O)C32. The molecule has 1 saturated carbocycles. The molecule has 0 radical (unpaired) electrons. The van der Waals surface area contributed by atoms with Crippen molar-refractivity contribution >= 4 is 17.6 Å². The van der Waals surface area contributed by atoms with Crippen LogP contribution in [0.5, 0.6) is 5.75 Å². The number of carbonyl (C=O) groups is 2. The van der Waals surface area contributed by atoms with Crippen molar-refractivity contribution in [1.29, 1.82) is 0 Å². The summed E-state index contributed by atoms with van der Waals surface area (Å²) in [5.74, 6) is -0.592. The van der Waals surface area contributed by atoms with Gasteiger partial charge in [-0.3, -0.25) is 4.79 Å². The fourth-order valence-corrected chi connectivity index (χ4v) is 7.90. The Morgan fingerprint density at radius 1 is 1.30 bits per heavy atom. The van der Waals surface area contributed by atoms with Crippen molar-refractivity contribution in [3.05, 3.63) is 35.9 Å². The number of quaternary nitrogens is 1. The number of aliphatic hydroxyl groups is 1. The van der Waals surface area contributed by atoms with E-state index in [-0.39, 0.29) is 6.04 Å². The highest BCUT2D eigenvalue weighted by atomic mass is 16.6. The first-order chi connectivity index (χ1) is 15.7. The number of likely N-dealkylation sites (N-methyl/N-ethyl adjacent to an activating group) is 1. The summed E-state index contributed by atoms with van der Waals surface area (Å²) >= 11 is 0. The summed E-state index contributed by atoms with van der Waals surface area (Å²) in [6.07, 6.45) is 4.53. The first-order valence-corrected chi connectivity index (χ1v) is 11.6. The van der Waals surface area contributed by atoms with E-state index in [0.717, 1.165) is 30.8 Å². The summed E-state index contributed by atoms with van der Waals surface area (Å²) < 4.78 is 16.6. The molecular formula is C25H33N2O6+. The van der Waals surface area contributed by atoms with Crippen LogP contribution in [-0.2, 0) is 24.5 Å². The lowest BCUT2D eigenvalue weighted by Gasteiger charge is -2.61. The Labute approximate surface area is 194 Å². The molecule has 178 valence electrons. The maximum absolute atomic E-state index is 13.5. The molecule has 3 aliphatic heterocycles. The first-order valence-electron chi connectivity index (χ1n) is 11.6. The van der Waals surface area contributed by atoms with E-state index in [0.29, 0.717) is 12.2 Å². The highest BCUT2D eigenvalue weighted by Gasteiger charge is 2.82. The molecule has 7 unspecified atom stereocenters. The lowest BCUT2D eigenvalue weighted by molar-refractivity contribution is -0.920. The number of rotatable bonds is 4. The van der Waals surface area contributed by atoms with E-state index >= 15 is 0 Å². The van der Waals surface area contributed by atoms with Crippen LogP contribution in [0.4, 0.5) is 5.69 Å². The van der Waals surface area contributed by atoms with Crippen LogP contribution < -0.4 is 14.5 Å². The Balaban J connectivity index is 1.86. The van der Waals surface area contributed by atoms with Crippen molar-refractivity contribution in [2.45, 2.75) is 55.9 Å². The molecule has 3 heterocycles. The third kappa shape index (κ3) is 2.48. The van der Waals surface area contributed by atoms with Gasteiger partial charge in [0.15, 0.2) is 6.10 Å². The number of benzene rings is 1. The fourth-order valence-electron chi connectivity index (χ4n) is 7.90. The van der Waals surface area contributed by atoms with E-state index in [1.807, 2.05) is 31.0 Å². The number of hydrogen-bond acceptors (Lipinski definition) is 7. The van der Waals surface area contributed by atoms with Gasteiger partial charge in [-0.1, -0.05) is 19.1 Å². The molecule has 8 nitrogen and oxygen atoms in total. The van der Waals surface area contributed by atoms with Crippen LogP contribution in [0.25, 0.3) is 0 Å². The minimum Gasteiger partial charge on any atom is -0.497 e. The second-order valence-corrected chi connectivity index (χ2v) is 9.91. The van der Waals surface area contributed by atoms with Gasteiger partial charge in [-0.25, -0.2) is 4.79 Å². The molecule has 1 spiro atoms. The highest BCUT2D eigenvalue weighted by molar-refractivity contribution is 5.86. The van der Waals surface area contributed by atoms with E-state index < -0.39 is 40.5 Å². The molecule has 1 aromatic rings. The van der Waals surface area contributed by atoms with Crippen molar-refractivity contribution in [2.75, 3.05) is 39.3 Å². The van der Waals surface area contributed by atoms with Gasteiger partial charge in [0.25, 0.3) is 0 Å². The van der Waals surface area contributed by atoms with Gasteiger partial charge >= 0.3 is 11.9 Å². The Kier molecular flexibility index (Phi) is 4.85. The monoisotopic (exact) mass is 457 g/mol. The number of nitrogens with one attached hydrogen (secondary N) is 1. The number of carbonyl (C=O) groups excluding carboxylic acids is 2. The van der Waals surface area contributed by atoms with Crippen LogP contribution in [-0.4, -0.2) is 75.2 Å². The number of methoxy groups -OCH3 is 2. The molecular weight excluding hydrogens is 424 g/mol. The van der Waals surface area contributed by atoms with Crippen LogP contribution in [0.3, 0.4) is 0 Å². The van der Waals surface area contributed by atoms with Crippen LogP contribution in [0.15, 0.2) is 30.4 Å². The summed E-state index contributed by atoms with van der Waals surface area (Å²) in [6, 6.07) is 5.36. The van der Waals surface area contributed by atoms with Crippen LogP contribution in [0.1, 0.15) is 32.3 Å². The summed E-state index contributed by atoms with van der Waals surface area (Å²) in [5.41, 5.74) is -1.28. The van der Waals surface area contributed by atoms with E-state index in [2.05, 4.69) is 18.2 Å². The molecule has 0 bridgehead atoms. The van der Waals surface area contributed by atoms with Gasteiger partial charge in [0.05, 0.1) is 44.2 Å². The molecule has 0 amide bonds. The molecule has 1 saturated heterocycles. The predicted octanol–water partition coefficient (Wildman–Crippen LogP) is 0.224. The maximum atomic E-state index is 13.5. The number of esters is 2.